The molecule has 0 amide bonds. The van der Waals surface area contributed by atoms with E-state index < -0.39 is 6.10 Å². The van der Waals surface area contributed by atoms with Gasteiger partial charge in [-0.25, -0.2) is 4.39 Å². The van der Waals surface area contributed by atoms with Gasteiger partial charge < -0.3 is 20.3 Å². The molecule has 0 aromatic heterocycles. The van der Waals surface area contributed by atoms with Gasteiger partial charge >= 0.3 is 0 Å². The highest BCUT2D eigenvalue weighted by molar-refractivity contribution is 5.45. The summed E-state index contributed by atoms with van der Waals surface area (Å²) in [5, 5.41) is 9.86. The maximum atomic E-state index is 14.2. The molecule has 0 saturated heterocycles. The van der Waals surface area contributed by atoms with E-state index in [9.17, 15) is 9.50 Å². The lowest BCUT2D eigenvalue weighted by Gasteiger charge is -2.21. The molecule has 21 heavy (non-hydrogen) atoms. The molecule has 3 unspecified atom stereocenters. The van der Waals surface area contributed by atoms with Crippen molar-refractivity contribution in [3.05, 3.63) is 23.5 Å². The van der Waals surface area contributed by atoms with Gasteiger partial charge in [0.25, 0.3) is 0 Å². The molecule has 0 spiro atoms. The minimum Gasteiger partial charge on any atom is -0.490 e. The molecule has 0 bridgehead atoms. The normalized spacial score (nSPS) is 15.4. The van der Waals surface area contributed by atoms with Crippen molar-refractivity contribution in [1.29, 1.82) is 0 Å². The monoisotopic (exact) mass is 299 g/mol. The Balaban J connectivity index is 3.03. The second-order valence-electron chi connectivity index (χ2n) is 5.25. The molecular formula is C16H26FNO3. The van der Waals surface area contributed by atoms with Gasteiger partial charge in [-0.15, -0.1) is 0 Å². The molecule has 0 fully saturated rings. The standard InChI is InChI=1S/C16H26FNO3/c1-5-20-15-8-12(10(3)7-14(19)11(4)18)13(17)9-16(15)21-6-2/h8-11,14,19H,5-7,18H2,1-4H3. The summed E-state index contributed by atoms with van der Waals surface area (Å²) in [7, 11) is 0. The highest BCUT2D eigenvalue weighted by Crippen LogP contribution is 2.35. The van der Waals surface area contributed by atoms with Gasteiger partial charge in [0.15, 0.2) is 11.5 Å². The minimum absolute atomic E-state index is 0.166. The summed E-state index contributed by atoms with van der Waals surface area (Å²) < 4.78 is 25.1. The highest BCUT2D eigenvalue weighted by Gasteiger charge is 2.20. The van der Waals surface area contributed by atoms with Gasteiger partial charge in [-0.2, -0.15) is 0 Å². The Kier molecular flexibility index (Phi) is 6.92. The third-order valence-electron chi connectivity index (χ3n) is 3.40. The van der Waals surface area contributed by atoms with Gasteiger partial charge in [0, 0.05) is 12.1 Å². The molecule has 1 rings (SSSR count). The number of nitrogens with two attached hydrogens (primary N) is 1. The van der Waals surface area contributed by atoms with E-state index in [1.54, 1.807) is 13.0 Å². The topological polar surface area (TPSA) is 64.7 Å². The summed E-state index contributed by atoms with van der Waals surface area (Å²) in [6.45, 7) is 8.21. The van der Waals surface area contributed by atoms with Crippen LogP contribution in [-0.2, 0) is 0 Å². The van der Waals surface area contributed by atoms with E-state index in [0.717, 1.165) is 0 Å². The first kappa shape index (κ1) is 17.7. The maximum absolute atomic E-state index is 14.2. The fraction of sp³-hybridized carbons (Fsp3) is 0.625. The number of halogens is 1. The quantitative estimate of drug-likeness (QED) is 0.774. The SMILES string of the molecule is CCOc1cc(F)c(C(C)CC(O)C(C)N)cc1OCC. The zero-order valence-corrected chi connectivity index (χ0v) is 13.2. The van der Waals surface area contributed by atoms with Gasteiger partial charge in [0.05, 0.1) is 19.3 Å². The van der Waals surface area contributed by atoms with Crippen molar-refractivity contribution in [2.75, 3.05) is 13.2 Å². The number of benzene rings is 1. The van der Waals surface area contributed by atoms with Crippen molar-refractivity contribution >= 4 is 0 Å². The van der Waals surface area contributed by atoms with Crippen molar-refractivity contribution < 1.29 is 19.0 Å². The Morgan fingerprint density at radius 1 is 1.14 bits per heavy atom. The van der Waals surface area contributed by atoms with Gasteiger partial charge in [-0.3, -0.25) is 0 Å². The van der Waals surface area contributed by atoms with E-state index in [1.807, 2.05) is 20.8 Å². The van der Waals surface area contributed by atoms with Crippen molar-refractivity contribution in [3.63, 3.8) is 0 Å². The Morgan fingerprint density at radius 3 is 2.14 bits per heavy atom. The van der Waals surface area contributed by atoms with Crippen LogP contribution in [0.15, 0.2) is 12.1 Å². The molecule has 120 valence electrons. The second-order valence-corrected chi connectivity index (χ2v) is 5.25. The van der Waals surface area contributed by atoms with E-state index >= 15 is 0 Å². The van der Waals surface area contributed by atoms with Crippen LogP contribution in [0.2, 0.25) is 0 Å². The first-order valence-corrected chi connectivity index (χ1v) is 7.43. The Morgan fingerprint density at radius 2 is 1.67 bits per heavy atom. The molecule has 0 aliphatic heterocycles. The zero-order valence-electron chi connectivity index (χ0n) is 13.2. The van der Waals surface area contributed by atoms with Gasteiger partial charge in [0.1, 0.15) is 5.82 Å². The molecule has 5 heteroatoms. The van der Waals surface area contributed by atoms with E-state index in [1.165, 1.54) is 6.07 Å². The van der Waals surface area contributed by atoms with Gasteiger partial charge in [-0.1, -0.05) is 6.92 Å². The number of hydrogen-bond acceptors (Lipinski definition) is 4. The third kappa shape index (κ3) is 4.86. The number of aliphatic hydroxyl groups is 1. The molecule has 0 radical (unpaired) electrons. The number of hydrogen-bond donors (Lipinski definition) is 2. The molecule has 3 atom stereocenters. The van der Waals surface area contributed by atoms with E-state index in [-0.39, 0.29) is 17.8 Å². The van der Waals surface area contributed by atoms with Crippen molar-refractivity contribution in [3.8, 4) is 11.5 Å². The third-order valence-corrected chi connectivity index (χ3v) is 3.40. The Bertz CT molecular complexity index is 451. The van der Waals surface area contributed by atoms with Crippen LogP contribution in [0, 0.1) is 5.82 Å². The van der Waals surface area contributed by atoms with E-state index in [2.05, 4.69) is 0 Å². The molecule has 0 saturated carbocycles. The summed E-state index contributed by atoms with van der Waals surface area (Å²) in [5.41, 5.74) is 6.15. The predicted molar refractivity (Wildman–Crippen MR) is 81.4 cm³/mol. The first-order chi connectivity index (χ1) is 9.90. The molecular weight excluding hydrogens is 273 g/mol. The lowest BCUT2D eigenvalue weighted by Crippen LogP contribution is -2.32. The van der Waals surface area contributed by atoms with Gasteiger partial charge in [-0.05, 0) is 44.7 Å². The van der Waals surface area contributed by atoms with Crippen LogP contribution in [0.4, 0.5) is 4.39 Å². The van der Waals surface area contributed by atoms with Crippen LogP contribution in [0.3, 0.4) is 0 Å². The summed E-state index contributed by atoms with van der Waals surface area (Å²) in [4.78, 5) is 0. The average molecular weight is 299 g/mol. The van der Waals surface area contributed by atoms with Crippen LogP contribution in [0.5, 0.6) is 11.5 Å². The Hall–Kier alpha value is -1.33. The molecule has 1 aromatic carbocycles. The van der Waals surface area contributed by atoms with E-state index in [4.69, 9.17) is 15.2 Å². The zero-order chi connectivity index (χ0) is 16.0. The minimum atomic E-state index is -0.665. The van der Waals surface area contributed by atoms with Crippen molar-refractivity contribution in [2.45, 2.75) is 52.2 Å². The van der Waals surface area contributed by atoms with Crippen molar-refractivity contribution in [1.82, 2.24) is 0 Å². The second kappa shape index (κ2) is 8.20. The van der Waals surface area contributed by atoms with Crippen LogP contribution >= 0.6 is 0 Å². The smallest absolute Gasteiger partial charge is 0.164 e. The maximum Gasteiger partial charge on any atom is 0.164 e. The average Bonchev–Trinajstić information content (AvgIpc) is 2.41. The molecule has 0 aliphatic rings. The van der Waals surface area contributed by atoms with Crippen LogP contribution < -0.4 is 15.2 Å². The summed E-state index contributed by atoms with van der Waals surface area (Å²) in [5.74, 6) is 0.408. The lowest BCUT2D eigenvalue weighted by atomic mass is 9.92. The number of ether oxygens (including phenoxy) is 2. The van der Waals surface area contributed by atoms with Crippen LogP contribution in [0.1, 0.15) is 45.6 Å². The fourth-order valence-electron chi connectivity index (χ4n) is 2.17. The molecule has 0 heterocycles. The Labute approximate surface area is 126 Å². The van der Waals surface area contributed by atoms with Crippen LogP contribution in [0.25, 0.3) is 0 Å². The first-order valence-electron chi connectivity index (χ1n) is 7.43. The summed E-state index contributed by atoms with van der Waals surface area (Å²) in [6.07, 6.45) is -0.268. The number of aliphatic hydroxyl groups excluding tert-OH is 1. The highest BCUT2D eigenvalue weighted by atomic mass is 19.1. The fourth-order valence-corrected chi connectivity index (χ4v) is 2.17. The molecule has 0 aliphatic carbocycles. The van der Waals surface area contributed by atoms with Crippen molar-refractivity contribution in [2.24, 2.45) is 5.73 Å². The largest absolute Gasteiger partial charge is 0.490 e. The molecule has 3 N–H and O–H groups in total. The van der Waals surface area contributed by atoms with Gasteiger partial charge in [0.2, 0.25) is 0 Å². The number of rotatable bonds is 8. The van der Waals surface area contributed by atoms with E-state index in [0.29, 0.717) is 36.7 Å². The summed E-state index contributed by atoms with van der Waals surface area (Å²) >= 11 is 0. The molecule has 1 aromatic rings. The summed E-state index contributed by atoms with van der Waals surface area (Å²) in [6, 6.07) is 2.66. The van der Waals surface area contributed by atoms with Crippen LogP contribution in [-0.4, -0.2) is 30.5 Å². The lowest BCUT2D eigenvalue weighted by molar-refractivity contribution is 0.134. The molecule has 4 nitrogen and oxygen atoms in total. The predicted octanol–water partition coefficient (Wildman–Crippen LogP) is 2.82.